The van der Waals surface area contributed by atoms with Crippen LogP contribution in [0.4, 0.5) is 8.78 Å². The van der Waals surface area contributed by atoms with Gasteiger partial charge in [-0.15, -0.1) is 0 Å². The molecule has 0 unspecified atom stereocenters. The van der Waals surface area contributed by atoms with Crippen LogP contribution < -0.4 is 0 Å². The summed E-state index contributed by atoms with van der Waals surface area (Å²) < 4.78 is 25.2. The molecule has 1 aliphatic carbocycles. The Bertz CT molecular complexity index is 218. The van der Waals surface area contributed by atoms with Gasteiger partial charge in [0.25, 0.3) is 0 Å². The van der Waals surface area contributed by atoms with Crippen molar-refractivity contribution in [3.63, 3.8) is 0 Å². The molecule has 13 heavy (non-hydrogen) atoms. The van der Waals surface area contributed by atoms with E-state index in [2.05, 4.69) is 0 Å². The minimum atomic E-state index is -2.56. The fraction of sp³-hybridized carbons (Fsp3) is 0.750. The second-order valence-corrected chi connectivity index (χ2v) is 3.32. The Hall–Kier alpha value is -1.00. The first-order valence-corrected chi connectivity index (χ1v) is 4.19. The summed E-state index contributed by atoms with van der Waals surface area (Å²) in [6, 6.07) is 0. The normalized spacial score (nSPS) is 23.5. The molecule has 1 rings (SSSR count). The van der Waals surface area contributed by atoms with Gasteiger partial charge in [0.2, 0.25) is 12.1 Å². The molecule has 0 atom stereocenters. The van der Waals surface area contributed by atoms with E-state index in [1.807, 2.05) is 0 Å². The van der Waals surface area contributed by atoms with Gasteiger partial charge in [0, 0.05) is 12.8 Å². The molecule has 0 bridgehead atoms. The standard InChI is InChI=1S/C8H11F2NO2/c9-8(10)4-1-7(2-5-8)3-6-11(12)13/h3,6-7H,1-2,4-5H2/b6-3+. The fourth-order valence-electron chi connectivity index (χ4n) is 1.45. The zero-order valence-electron chi connectivity index (χ0n) is 7.08. The lowest BCUT2D eigenvalue weighted by atomic mass is 9.87. The number of halogens is 2. The van der Waals surface area contributed by atoms with E-state index in [1.165, 1.54) is 6.08 Å². The maximum absolute atomic E-state index is 12.6. The highest BCUT2D eigenvalue weighted by Gasteiger charge is 2.34. The molecule has 1 saturated carbocycles. The predicted octanol–water partition coefficient (Wildman–Crippen LogP) is 2.60. The SMILES string of the molecule is O=[N+]([O-])/C=C/C1CCC(F)(F)CC1. The van der Waals surface area contributed by atoms with E-state index in [1.54, 1.807) is 0 Å². The van der Waals surface area contributed by atoms with Crippen molar-refractivity contribution in [2.75, 3.05) is 0 Å². The molecule has 3 nitrogen and oxygen atoms in total. The molecule has 0 aromatic carbocycles. The van der Waals surface area contributed by atoms with E-state index in [9.17, 15) is 18.9 Å². The molecule has 1 aliphatic rings. The van der Waals surface area contributed by atoms with E-state index in [-0.39, 0.29) is 18.8 Å². The Balaban J connectivity index is 2.37. The molecule has 1 fully saturated rings. The zero-order chi connectivity index (χ0) is 9.90. The maximum Gasteiger partial charge on any atom is 0.248 e. The van der Waals surface area contributed by atoms with E-state index in [4.69, 9.17) is 0 Å². The van der Waals surface area contributed by atoms with Gasteiger partial charge >= 0.3 is 0 Å². The summed E-state index contributed by atoms with van der Waals surface area (Å²) in [6.07, 6.45) is 2.64. The number of allylic oxidation sites excluding steroid dienone is 1. The molecule has 5 heteroatoms. The Morgan fingerprint density at radius 1 is 1.38 bits per heavy atom. The highest BCUT2D eigenvalue weighted by atomic mass is 19.3. The minimum Gasteiger partial charge on any atom is -0.259 e. The first-order valence-electron chi connectivity index (χ1n) is 4.19. The van der Waals surface area contributed by atoms with Crippen LogP contribution >= 0.6 is 0 Å². The Kier molecular flexibility index (Phi) is 2.95. The number of rotatable bonds is 2. The van der Waals surface area contributed by atoms with Crippen molar-refractivity contribution in [1.82, 2.24) is 0 Å². The molecular weight excluding hydrogens is 180 g/mol. The lowest BCUT2D eigenvalue weighted by Crippen LogP contribution is -2.23. The van der Waals surface area contributed by atoms with Crippen molar-refractivity contribution in [1.29, 1.82) is 0 Å². The average Bonchev–Trinajstić information content (AvgIpc) is 2.02. The van der Waals surface area contributed by atoms with Gasteiger partial charge in [-0.2, -0.15) is 0 Å². The second-order valence-electron chi connectivity index (χ2n) is 3.32. The maximum atomic E-state index is 12.6. The van der Waals surface area contributed by atoms with E-state index >= 15 is 0 Å². The second kappa shape index (κ2) is 3.81. The first kappa shape index (κ1) is 10.1. The van der Waals surface area contributed by atoms with Crippen molar-refractivity contribution in [3.05, 3.63) is 22.4 Å². The molecule has 0 spiro atoms. The summed E-state index contributed by atoms with van der Waals surface area (Å²) in [5, 5.41) is 9.94. The topological polar surface area (TPSA) is 43.1 Å². The van der Waals surface area contributed by atoms with Crippen LogP contribution in [0.5, 0.6) is 0 Å². The van der Waals surface area contributed by atoms with Crippen molar-refractivity contribution in [2.24, 2.45) is 5.92 Å². The van der Waals surface area contributed by atoms with Gasteiger partial charge in [-0.25, -0.2) is 8.78 Å². The molecule has 0 heterocycles. The van der Waals surface area contributed by atoms with Crippen LogP contribution in [0, 0.1) is 16.0 Å². The summed E-state index contributed by atoms with van der Waals surface area (Å²) in [5.41, 5.74) is 0. The van der Waals surface area contributed by atoms with Crippen molar-refractivity contribution in [3.8, 4) is 0 Å². The smallest absolute Gasteiger partial charge is 0.248 e. The third kappa shape index (κ3) is 3.48. The molecule has 0 aromatic heterocycles. The minimum absolute atomic E-state index is 0.0509. The molecule has 0 N–H and O–H groups in total. The molecular formula is C8H11F2NO2. The van der Waals surface area contributed by atoms with Crippen LogP contribution in [0.2, 0.25) is 0 Å². The van der Waals surface area contributed by atoms with Crippen LogP contribution in [0.15, 0.2) is 12.3 Å². The fourth-order valence-corrected chi connectivity index (χ4v) is 1.45. The van der Waals surface area contributed by atoms with Gasteiger partial charge in [0.1, 0.15) is 0 Å². The summed E-state index contributed by atoms with van der Waals surface area (Å²) >= 11 is 0. The monoisotopic (exact) mass is 191 g/mol. The Labute approximate surface area is 74.6 Å². The lowest BCUT2D eigenvalue weighted by molar-refractivity contribution is -0.402. The predicted molar refractivity (Wildman–Crippen MR) is 43.0 cm³/mol. The van der Waals surface area contributed by atoms with Crippen LogP contribution in [0.25, 0.3) is 0 Å². The van der Waals surface area contributed by atoms with Crippen LogP contribution in [-0.2, 0) is 0 Å². The third-order valence-corrected chi connectivity index (χ3v) is 2.24. The zero-order valence-corrected chi connectivity index (χ0v) is 7.08. The highest BCUT2D eigenvalue weighted by molar-refractivity contribution is 4.88. The van der Waals surface area contributed by atoms with Gasteiger partial charge in [0.15, 0.2) is 0 Å². The number of hydrogen-bond donors (Lipinski definition) is 0. The average molecular weight is 191 g/mol. The summed E-state index contributed by atoms with van der Waals surface area (Å²) in [5.74, 6) is -2.61. The summed E-state index contributed by atoms with van der Waals surface area (Å²) in [6.45, 7) is 0. The van der Waals surface area contributed by atoms with E-state index in [0.717, 1.165) is 6.20 Å². The van der Waals surface area contributed by atoms with Crippen molar-refractivity contribution < 1.29 is 13.7 Å². The Morgan fingerprint density at radius 3 is 2.38 bits per heavy atom. The molecule has 74 valence electrons. The molecule has 0 radical (unpaired) electrons. The van der Waals surface area contributed by atoms with Crippen molar-refractivity contribution in [2.45, 2.75) is 31.6 Å². The molecule has 0 amide bonds. The summed E-state index contributed by atoms with van der Waals surface area (Å²) in [7, 11) is 0. The lowest BCUT2D eigenvalue weighted by Gasteiger charge is -2.25. The van der Waals surface area contributed by atoms with Crippen LogP contribution in [0.3, 0.4) is 0 Å². The van der Waals surface area contributed by atoms with Gasteiger partial charge in [-0.05, 0) is 24.8 Å². The van der Waals surface area contributed by atoms with Crippen LogP contribution in [0.1, 0.15) is 25.7 Å². The van der Waals surface area contributed by atoms with E-state index < -0.39 is 10.8 Å². The number of hydrogen-bond acceptors (Lipinski definition) is 2. The van der Waals surface area contributed by atoms with Crippen molar-refractivity contribution >= 4 is 0 Å². The largest absolute Gasteiger partial charge is 0.259 e. The third-order valence-electron chi connectivity index (χ3n) is 2.24. The molecule has 0 aromatic rings. The quantitative estimate of drug-likeness (QED) is 0.497. The van der Waals surface area contributed by atoms with Gasteiger partial charge < -0.3 is 0 Å². The van der Waals surface area contributed by atoms with Gasteiger partial charge in [-0.1, -0.05) is 0 Å². The molecule has 0 saturated heterocycles. The van der Waals surface area contributed by atoms with Gasteiger partial charge in [-0.3, -0.25) is 10.1 Å². The first-order chi connectivity index (χ1) is 5.99. The van der Waals surface area contributed by atoms with E-state index in [0.29, 0.717) is 12.8 Å². The number of alkyl halides is 2. The summed E-state index contributed by atoms with van der Waals surface area (Å²) in [4.78, 5) is 9.38. The van der Waals surface area contributed by atoms with Gasteiger partial charge in [0.05, 0.1) is 4.92 Å². The highest BCUT2D eigenvalue weighted by Crippen LogP contribution is 2.36. The molecule has 0 aliphatic heterocycles. The number of nitro groups is 1. The van der Waals surface area contributed by atoms with Crippen LogP contribution in [-0.4, -0.2) is 10.8 Å². The number of nitrogens with zero attached hydrogens (tertiary/aromatic N) is 1. The Morgan fingerprint density at radius 2 is 1.92 bits per heavy atom.